The van der Waals surface area contributed by atoms with Gasteiger partial charge in [-0.1, -0.05) is 127 Å². The Kier molecular flexibility index (Phi) is 6.25. The van der Waals surface area contributed by atoms with Gasteiger partial charge in [0.1, 0.15) is 0 Å². The van der Waals surface area contributed by atoms with Gasteiger partial charge < -0.3 is 9.13 Å². The van der Waals surface area contributed by atoms with Crippen LogP contribution in [0.15, 0.2) is 188 Å². The van der Waals surface area contributed by atoms with Crippen molar-refractivity contribution in [3.8, 4) is 33.8 Å². The molecule has 0 saturated carbocycles. The van der Waals surface area contributed by atoms with E-state index in [1.165, 1.54) is 71.2 Å². The van der Waals surface area contributed by atoms with Gasteiger partial charge in [-0.3, -0.25) is 0 Å². The van der Waals surface area contributed by atoms with E-state index in [-0.39, 0.29) is 0 Å². The normalized spacial score (nSPS) is 11.8. The highest BCUT2D eigenvalue weighted by Crippen LogP contribution is 2.43. The van der Waals surface area contributed by atoms with E-state index < -0.39 is 0 Å². The van der Waals surface area contributed by atoms with E-state index in [9.17, 15) is 0 Å². The SMILES string of the molecule is c1ccc(-n2c3ccccc3c3cc(-c4ccc(-c5nc6ccccc6c6c5ccc5c6c6ccccc6n5-c5ccccc5)cc4)ccc32)cc1. The predicted molar refractivity (Wildman–Crippen MR) is 219 cm³/mol. The molecule has 0 N–H and O–H groups in total. The number of pyridine rings is 1. The summed E-state index contributed by atoms with van der Waals surface area (Å²) < 4.78 is 4.75. The lowest BCUT2D eigenvalue weighted by Crippen LogP contribution is -1.94. The maximum atomic E-state index is 5.32. The summed E-state index contributed by atoms with van der Waals surface area (Å²) in [5.74, 6) is 0. The molecular weight excluding hydrogens is 631 g/mol. The lowest BCUT2D eigenvalue weighted by molar-refractivity contribution is 1.18. The molecule has 0 aliphatic heterocycles. The van der Waals surface area contributed by atoms with E-state index in [1.54, 1.807) is 0 Å². The van der Waals surface area contributed by atoms with Gasteiger partial charge in [0.15, 0.2) is 0 Å². The second kappa shape index (κ2) is 11.3. The number of rotatable bonds is 4. The fraction of sp³-hybridized carbons (Fsp3) is 0. The number of para-hydroxylation sites is 5. The zero-order valence-electron chi connectivity index (χ0n) is 28.2. The smallest absolute Gasteiger partial charge is 0.0788 e. The standard InChI is InChI=1S/C49H31N3/c1-3-13-35(14-4-1)51-43-21-11-8-17-37(43)41-31-34(27-29-45(41)51)32-23-25-33(26-24-32)49-40-28-30-46-48(47(40)38-18-7-10-20-42(38)50-49)39-19-9-12-22-44(39)52(46)36-15-5-2-6-16-36/h1-31H. The van der Waals surface area contributed by atoms with E-state index >= 15 is 0 Å². The Morgan fingerprint density at radius 2 is 0.827 bits per heavy atom. The van der Waals surface area contributed by atoms with Crippen molar-refractivity contribution in [3.05, 3.63) is 188 Å². The Morgan fingerprint density at radius 3 is 1.56 bits per heavy atom. The van der Waals surface area contributed by atoms with E-state index in [0.29, 0.717) is 0 Å². The second-order valence-corrected chi connectivity index (χ2v) is 13.5. The van der Waals surface area contributed by atoms with Crippen molar-refractivity contribution < 1.29 is 0 Å². The van der Waals surface area contributed by atoms with Crippen LogP contribution in [-0.2, 0) is 0 Å². The van der Waals surface area contributed by atoms with Crippen molar-refractivity contribution >= 4 is 65.3 Å². The van der Waals surface area contributed by atoms with Crippen molar-refractivity contribution in [3.63, 3.8) is 0 Å². The zero-order chi connectivity index (χ0) is 34.2. The Hall–Kier alpha value is -6.97. The lowest BCUT2D eigenvalue weighted by atomic mass is 9.95. The lowest BCUT2D eigenvalue weighted by Gasteiger charge is -2.13. The summed E-state index contributed by atoms with van der Waals surface area (Å²) in [7, 11) is 0. The van der Waals surface area contributed by atoms with Crippen LogP contribution in [-0.4, -0.2) is 14.1 Å². The van der Waals surface area contributed by atoms with Gasteiger partial charge in [-0.25, -0.2) is 4.98 Å². The Labute approximate surface area is 300 Å². The number of hydrogen-bond acceptors (Lipinski definition) is 1. The zero-order valence-corrected chi connectivity index (χ0v) is 28.2. The highest BCUT2D eigenvalue weighted by Gasteiger charge is 2.19. The van der Waals surface area contributed by atoms with E-state index in [2.05, 4.69) is 197 Å². The summed E-state index contributed by atoms with van der Waals surface area (Å²) in [6, 6.07) is 67.7. The first-order chi connectivity index (χ1) is 25.8. The average Bonchev–Trinajstić information content (AvgIpc) is 3.74. The van der Waals surface area contributed by atoms with Crippen LogP contribution in [0.4, 0.5) is 0 Å². The summed E-state index contributed by atoms with van der Waals surface area (Å²) in [6.45, 7) is 0. The minimum absolute atomic E-state index is 0.998. The van der Waals surface area contributed by atoms with Crippen molar-refractivity contribution in [1.29, 1.82) is 0 Å². The first-order valence-corrected chi connectivity index (χ1v) is 17.8. The molecule has 0 unspecified atom stereocenters. The van der Waals surface area contributed by atoms with E-state index in [4.69, 9.17) is 4.98 Å². The molecule has 0 aliphatic carbocycles. The van der Waals surface area contributed by atoms with Crippen molar-refractivity contribution in [2.75, 3.05) is 0 Å². The van der Waals surface area contributed by atoms with Gasteiger partial charge in [-0.05, 0) is 71.8 Å². The highest BCUT2D eigenvalue weighted by molar-refractivity contribution is 6.29. The fourth-order valence-electron chi connectivity index (χ4n) is 8.40. The minimum Gasteiger partial charge on any atom is -0.309 e. The van der Waals surface area contributed by atoms with E-state index in [1.807, 2.05) is 0 Å². The van der Waals surface area contributed by atoms with Gasteiger partial charge >= 0.3 is 0 Å². The molecule has 0 amide bonds. The molecule has 0 spiro atoms. The summed E-state index contributed by atoms with van der Waals surface area (Å²) in [5.41, 5.74) is 12.6. The first kappa shape index (κ1) is 28.8. The Balaban J connectivity index is 1.09. The highest BCUT2D eigenvalue weighted by atomic mass is 15.0. The van der Waals surface area contributed by atoms with Crippen LogP contribution in [0.2, 0.25) is 0 Å². The van der Waals surface area contributed by atoms with Gasteiger partial charge in [0.05, 0.1) is 33.3 Å². The molecule has 52 heavy (non-hydrogen) atoms. The molecule has 0 radical (unpaired) electrons. The van der Waals surface area contributed by atoms with Gasteiger partial charge in [-0.15, -0.1) is 0 Å². The number of fused-ring (bicyclic) bond motifs is 10. The van der Waals surface area contributed by atoms with Crippen LogP contribution >= 0.6 is 0 Å². The van der Waals surface area contributed by atoms with Crippen molar-refractivity contribution in [2.24, 2.45) is 0 Å². The number of benzene rings is 8. The molecule has 242 valence electrons. The summed E-state index contributed by atoms with van der Waals surface area (Å²) in [4.78, 5) is 5.32. The van der Waals surface area contributed by atoms with Gasteiger partial charge in [0.25, 0.3) is 0 Å². The average molecular weight is 662 g/mol. The van der Waals surface area contributed by atoms with Crippen LogP contribution in [0.5, 0.6) is 0 Å². The maximum Gasteiger partial charge on any atom is 0.0788 e. The molecule has 3 heterocycles. The van der Waals surface area contributed by atoms with Gasteiger partial charge in [0, 0.05) is 54.6 Å². The molecule has 11 rings (SSSR count). The Morgan fingerprint density at radius 1 is 0.308 bits per heavy atom. The third-order valence-electron chi connectivity index (χ3n) is 10.7. The molecule has 0 fully saturated rings. The third-order valence-corrected chi connectivity index (χ3v) is 10.7. The van der Waals surface area contributed by atoms with Crippen molar-refractivity contribution in [2.45, 2.75) is 0 Å². The van der Waals surface area contributed by atoms with Crippen LogP contribution in [0.1, 0.15) is 0 Å². The fourth-order valence-corrected chi connectivity index (χ4v) is 8.40. The molecule has 0 aliphatic rings. The summed E-state index contributed by atoms with van der Waals surface area (Å²) in [5, 5.41) is 8.58. The van der Waals surface area contributed by atoms with Crippen LogP contribution in [0.3, 0.4) is 0 Å². The van der Waals surface area contributed by atoms with Gasteiger partial charge in [0.2, 0.25) is 0 Å². The largest absolute Gasteiger partial charge is 0.309 e. The molecular formula is C49H31N3. The quantitative estimate of drug-likeness (QED) is 0.172. The molecule has 3 nitrogen and oxygen atoms in total. The van der Waals surface area contributed by atoms with Gasteiger partial charge in [-0.2, -0.15) is 0 Å². The molecule has 0 atom stereocenters. The minimum atomic E-state index is 0.998. The van der Waals surface area contributed by atoms with E-state index in [0.717, 1.165) is 27.8 Å². The molecule has 8 aromatic carbocycles. The van der Waals surface area contributed by atoms with Crippen molar-refractivity contribution in [1.82, 2.24) is 14.1 Å². The van der Waals surface area contributed by atoms with Crippen LogP contribution in [0, 0.1) is 0 Å². The van der Waals surface area contributed by atoms with Crippen LogP contribution < -0.4 is 0 Å². The molecule has 0 bridgehead atoms. The monoisotopic (exact) mass is 661 g/mol. The second-order valence-electron chi connectivity index (χ2n) is 13.5. The van der Waals surface area contributed by atoms with Crippen LogP contribution in [0.25, 0.3) is 99.0 Å². The number of aromatic nitrogens is 3. The first-order valence-electron chi connectivity index (χ1n) is 17.8. The number of nitrogens with zero attached hydrogens (tertiary/aromatic N) is 3. The molecule has 3 aromatic heterocycles. The summed E-state index contributed by atoms with van der Waals surface area (Å²) >= 11 is 0. The third kappa shape index (κ3) is 4.23. The Bertz CT molecular complexity index is 3150. The molecule has 11 aromatic rings. The summed E-state index contributed by atoms with van der Waals surface area (Å²) in [6.07, 6.45) is 0. The molecule has 0 saturated heterocycles. The maximum absolute atomic E-state index is 5.32. The molecule has 3 heteroatoms. The topological polar surface area (TPSA) is 22.8 Å². The predicted octanol–water partition coefficient (Wildman–Crippen LogP) is 12.9. The number of hydrogen-bond donors (Lipinski definition) is 0.